The van der Waals surface area contributed by atoms with Gasteiger partial charge < -0.3 is 0 Å². The summed E-state index contributed by atoms with van der Waals surface area (Å²) in [7, 11) is 0. The number of aromatic nitrogens is 2. The van der Waals surface area contributed by atoms with Gasteiger partial charge in [-0.2, -0.15) is 0 Å². The molecule has 19 heavy (non-hydrogen) atoms. The molecule has 0 fully saturated rings. The number of hydrogen-bond acceptors (Lipinski definition) is 3. The molecule has 0 aliphatic heterocycles. The van der Waals surface area contributed by atoms with E-state index in [0.29, 0.717) is 5.15 Å². The van der Waals surface area contributed by atoms with Gasteiger partial charge in [0.2, 0.25) is 11.9 Å². The minimum absolute atomic E-state index is 0.0830. The highest BCUT2D eigenvalue weighted by Gasteiger charge is 2.32. The molecule has 1 aliphatic rings. The van der Waals surface area contributed by atoms with Crippen LogP contribution in [0, 0.1) is 6.92 Å². The van der Waals surface area contributed by atoms with E-state index in [1.54, 1.807) is 6.07 Å². The number of fused-ring (bicyclic) bond motifs is 1. The molecule has 1 atom stereocenters. The van der Waals surface area contributed by atoms with E-state index in [2.05, 4.69) is 15.3 Å². The van der Waals surface area contributed by atoms with Gasteiger partial charge in [-0.1, -0.05) is 35.9 Å². The van der Waals surface area contributed by atoms with Crippen molar-refractivity contribution in [3.63, 3.8) is 0 Å². The summed E-state index contributed by atoms with van der Waals surface area (Å²) in [5, 5.41) is 3.05. The Kier molecular flexibility index (Phi) is 2.95. The number of benzene rings is 1. The fourth-order valence-electron chi connectivity index (χ4n) is 2.28. The first-order valence-corrected chi connectivity index (χ1v) is 6.41. The van der Waals surface area contributed by atoms with Crippen LogP contribution in [0.1, 0.15) is 22.7 Å². The Morgan fingerprint density at radius 2 is 2.16 bits per heavy atom. The zero-order valence-corrected chi connectivity index (χ0v) is 11.1. The van der Waals surface area contributed by atoms with Crippen molar-refractivity contribution in [3.8, 4) is 0 Å². The molecule has 0 bridgehead atoms. The van der Waals surface area contributed by atoms with Crippen LogP contribution in [-0.4, -0.2) is 15.9 Å². The first kappa shape index (κ1) is 12.1. The van der Waals surface area contributed by atoms with Gasteiger partial charge in [-0.25, -0.2) is 9.97 Å². The summed E-state index contributed by atoms with van der Waals surface area (Å²) in [4.78, 5) is 20.3. The largest absolute Gasteiger partial charge is 0.294 e. The van der Waals surface area contributed by atoms with Crippen LogP contribution in [0.25, 0.3) is 0 Å². The molecule has 0 spiro atoms. The van der Waals surface area contributed by atoms with Gasteiger partial charge in [0.15, 0.2) is 0 Å². The molecule has 96 valence electrons. The summed E-state index contributed by atoms with van der Waals surface area (Å²) in [6.45, 7) is 1.81. The Morgan fingerprint density at radius 3 is 2.89 bits per heavy atom. The Balaban J connectivity index is 1.77. The number of rotatable bonds is 2. The number of amides is 1. The van der Waals surface area contributed by atoms with Gasteiger partial charge in [0.1, 0.15) is 5.15 Å². The maximum atomic E-state index is 12.1. The highest BCUT2D eigenvalue weighted by Crippen LogP contribution is 2.35. The van der Waals surface area contributed by atoms with Crippen molar-refractivity contribution >= 4 is 23.5 Å². The minimum Gasteiger partial charge on any atom is -0.294 e. The number of halogens is 1. The number of nitrogens with zero attached hydrogens (tertiary/aromatic N) is 2. The third-order valence-electron chi connectivity index (χ3n) is 3.23. The van der Waals surface area contributed by atoms with Crippen LogP contribution in [-0.2, 0) is 11.2 Å². The number of carbonyl (C=O) groups excluding carboxylic acids is 1. The predicted octanol–water partition coefficient (Wildman–Crippen LogP) is 2.72. The van der Waals surface area contributed by atoms with Gasteiger partial charge in [0.05, 0.1) is 5.92 Å². The third kappa shape index (κ3) is 2.31. The van der Waals surface area contributed by atoms with E-state index in [-0.39, 0.29) is 17.8 Å². The minimum atomic E-state index is -0.112. The smallest absolute Gasteiger partial charge is 0.234 e. The second-order valence-electron chi connectivity index (χ2n) is 4.60. The molecule has 1 N–H and O–H groups in total. The number of carbonyl (C=O) groups is 1. The molecule has 5 heteroatoms. The van der Waals surface area contributed by atoms with E-state index in [4.69, 9.17) is 11.6 Å². The second-order valence-corrected chi connectivity index (χ2v) is 4.99. The summed E-state index contributed by atoms with van der Waals surface area (Å²) in [5.74, 6) is 0.0684. The van der Waals surface area contributed by atoms with Crippen LogP contribution in [0.4, 0.5) is 5.95 Å². The number of anilines is 1. The molecule has 4 nitrogen and oxygen atoms in total. The quantitative estimate of drug-likeness (QED) is 0.856. The highest BCUT2D eigenvalue weighted by atomic mass is 35.5. The predicted molar refractivity (Wildman–Crippen MR) is 73.3 cm³/mol. The lowest BCUT2D eigenvalue weighted by molar-refractivity contribution is -0.118. The fourth-order valence-corrected chi connectivity index (χ4v) is 2.51. The number of aryl methyl sites for hydroxylation is 1. The first-order valence-electron chi connectivity index (χ1n) is 6.03. The van der Waals surface area contributed by atoms with Crippen LogP contribution in [0.5, 0.6) is 0 Å². The average Bonchev–Trinajstić information content (AvgIpc) is 2.29. The summed E-state index contributed by atoms with van der Waals surface area (Å²) in [6, 6.07) is 9.59. The van der Waals surface area contributed by atoms with E-state index in [9.17, 15) is 4.79 Å². The molecule has 2 aromatic rings. The van der Waals surface area contributed by atoms with Crippen molar-refractivity contribution < 1.29 is 4.79 Å². The van der Waals surface area contributed by atoms with Crippen LogP contribution in [0.3, 0.4) is 0 Å². The Bertz CT molecular complexity index is 637. The van der Waals surface area contributed by atoms with E-state index in [0.717, 1.165) is 17.7 Å². The average molecular weight is 274 g/mol. The van der Waals surface area contributed by atoms with Gasteiger partial charge in [-0.15, -0.1) is 0 Å². The van der Waals surface area contributed by atoms with Crippen LogP contribution < -0.4 is 5.32 Å². The SMILES string of the molecule is Cc1cc(Cl)nc(NC(=O)C2Cc3ccccc32)n1. The molecule has 1 unspecified atom stereocenters. The summed E-state index contributed by atoms with van der Waals surface area (Å²) in [6.07, 6.45) is 0.765. The molecule has 3 rings (SSSR count). The second kappa shape index (κ2) is 4.63. The molecule has 1 heterocycles. The summed E-state index contributed by atoms with van der Waals surface area (Å²) < 4.78 is 0. The molecule has 1 aliphatic carbocycles. The number of hydrogen-bond donors (Lipinski definition) is 1. The van der Waals surface area contributed by atoms with Crippen LogP contribution in [0.2, 0.25) is 5.15 Å². The molecule has 0 saturated carbocycles. The Labute approximate surface area is 115 Å². The van der Waals surface area contributed by atoms with Gasteiger partial charge in [0, 0.05) is 5.69 Å². The zero-order valence-electron chi connectivity index (χ0n) is 10.4. The maximum absolute atomic E-state index is 12.1. The van der Waals surface area contributed by atoms with Crippen molar-refractivity contribution in [1.29, 1.82) is 0 Å². The molecule has 1 aromatic carbocycles. The Hall–Kier alpha value is -1.94. The highest BCUT2D eigenvalue weighted by molar-refractivity contribution is 6.29. The topological polar surface area (TPSA) is 54.9 Å². The molecule has 0 saturated heterocycles. The molecule has 1 aromatic heterocycles. The summed E-state index contributed by atoms with van der Waals surface area (Å²) in [5.41, 5.74) is 3.04. The van der Waals surface area contributed by atoms with Crippen LogP contribution in [0.15, 0.2) is 30.3 Å². The molecular formula is C14H12ClN3O. The summed E-state index contributed by atoms with van der Waals surface area (Å²) >= 11 is 5.84. The van der Waals surface area contributed by atoms with Gasteiger partial charge >= 0.3 is 0 Å². The van der Waals surface area contributed by atoms with Crippen molar-refractivity contribution in [1.82, 2.24) is 9.97 Å². The normalized spacial score (nSPS) is 16.4. The van der Waals surface area contributed by atoms with Crippen molar-refractivity contribution in [2.45, 2.75) is 19.3 Å². The fraction of sp³-hybridized carbons (Fsp3) is 0.214. The lowest BCUT2D eigenvalue weighted by Gasteiger charge is -2.28. The van der Waals surface area contributed by atoms with E-state index in [1.807, 2.05) is 31.2 Å². The zero-order chi connectivity index (χ0) is 13.4. The Morgan fingerprint density at radius 1 is 1.37 bits per heavy atom. The van der Waals surface area contributed by atoms with Crippen LogP contribution >= 0.6 is 11.6 Å². The maximum Gasteiger partial charge on any atom is 0.234 e. The standard InChI is InChI=1S/C14H12ClN3O/c1-8-6-12(15)17-14(16-8)18-13(19)11-7-9-4-2-3-5-10(9)11/h2-6,11H,7H2,1H3,(H,16,17,18,19). The lowest BCUT2D eigenvalue weighted by atomic mass is 9.77. The first-order chi connectivity index (χ1) is 9.13. The molecule has 0 radical (unpaired) electrons. The van der Waals surface area contributed by atoms with E-state index in [1.165, 1.54) is 5.56 Å². The number of nitrogens with one attached hydrogen (secondary N) is 1. The molecular weight excluding hydrogens is 262 g/mol. The third-order valence-corrected chi connectivity index (χ3v) is 3.42. The molecule has 1 amide bonds. The van der Waals surface area contributed by atoms with Crippen molar-refractivity contribution in [2.24, 2.45) is 0 Å². The van der Waals surface area contributed by atoms with E-state index >= 15 is 0 Å². The van der Waals surface area contributed by atoms with Crippen molar-refractivity contribution in [2.75, 3.05) is 5.32 Å². The monoisotopic (exact) mass is 273 g/mol. The lowest BCUT2D eigenvalue weighted by Crippen LogP contribution is -2.30. The van der Waals surface area contributed by atoms with Gasteiger partial charge in [-0.3, -0.25) is 10.1 Å². The van der Waals surface area contributed by atoms with Gasteiger partial charge in [-0.05, 0) is 30.5 Å². The van der Waals surface area contributed by atoms with Crippen molar-refractivity contribution in [3.05, 3.63) is 52.3 Å². The van der Waals surface area contributed by atoms with Gasteiger partial charge in [0.25, 0.3) is 0 Å². The van der Waals surface area contributed by atoms with E-state index < -0.39 is 0 Å².